The molecule has 3 nitrogen and oxygen atoms in total. The van der Waals surface area contributed by atoms with Crippen molar-refractivity contribution >= 4 is 5.91 Å². The molecule has 1 aliphatic carbocycles. The smallest absolute Gasteiger partial charge is 0.349 e. The predicted molar refractivity (Wildman–Crippen MR) is 111 cm³/mol. The van der Waals surface area contributed by atoms with Gasteiger partial charge in [-0.1, -0.05) is 18.2 Å². The fourth-order valence-electron chi connectivity index (χ4n) is 4.72. The highest BCUT2D eigenvalue weighted by atomic mass is 19.4. The van der Waals surface area contributed by atoms with E-state index in [9.17, 15) is 18.0 Å². The number of likely N-dealkylation sites (tertiary alicyclic amines) is 1. The van der Waals surface area contributed by atoms with Gasteiger partial charge in [0.25, 0.3) is 5.91 Å². The fourth-order valence-corrected chi connectivity index (χ4v) is 4.72. The van der Waals surface area contributed by atoms with Crippen LogP contribution in [0.25, 0.3) is 0 Å². The maximum Gasteiger partial charge on any atom is 0.416 e. The second-order valence-electron chi connectivity index (χ2n) is 8.55. The largest absolute Gasteiger partial charge is 0.416 e. The highest BCUT2D eigenvalue weighted by Crippen LogP contribution is 2.35. The Morgan fingerprint density at radius 3 is 2.40 bits per heavy atom. The SMILES string of the molecule is CN1CCC(c2cccc3c2CC(NC(=O)c2ccc(C(F)(F)F)cc2)CC3)CC1. The van der Waals surface area contributed by atoms with Crippen LogP contribution in [0.3, 0.4) is 0 Å². The topological polar surface area (TPSA) is 32.3 Å². The first-order valence-electron chi connectivity index (χ1n) is 10.6. The van der Waals surface area contributed by atoms with Crippen LogP contribution in [-0.2, 0) is 19.0 Å². The first-order chi connectivity index (χ1) is 14.3. The van der Waals surface area contributed by atoms with Gasteiger partial charge < -0.3 is 10.2 Å². The van der Waals surface area contributed by atoms with Gasteiger partial charge in [0.2, 0.25) is 0 Å². The molecule has 2 aromatic carbocycles. The molecule has 1 amide bonds. The number of nitrogens with zero attached hydrogens (tertiary/aromatic N) is 1. The Balaban J connectivity index is 1.46. The molecule has 2 aromatic rings. The zero-order valence-corrected chi connectivity index (χ0v) is 17.1. The van der Waals surface area contributed by atoms with E-state index in [0.717, 1.165) is 57.3 Å². The van der Waals surface area contributed by atoms with Crippen LogP contribution in [0.2, 0.25) is 0 Å². The van der Waals surface area contributed by atoms with E-state index in [1.165, 1.54) is 28.8 Å². The number of amides is 1. The summed E-state index contributed by atoms with van der Waals surface area (Å²) in [5.74, 6) is 0.245. The van der Waals surface area contributed by atoms with Crippen LogP contribution < -0.4 is 5.32 Å². The van der Waals surface area contributed by atoms with Crippen LogP contribution >= 0.6 is 0 Å². The molecule has 0 spiro atoms. The standard InChI is InChI=1S/C24H27F3N2O/c1-29-13-11-17(12-14-29)21-4-2-3-16-7-10-20(15-22(16)21)28-23(30)18-5-8-19(9-6-18)24(25,26)27/h2-6,8-9,17,20H,7,10-15H2,1H3,(H,28,30). The van der Waals surface area contributed by atoms with Gasteiger partial charge in [-0.3, -0.25) is 4.79 Å². The average molecular weight is 416 g/mol. The van der Waals surface area contributed by atoms with Gasteiger partial charge in [0.05, 0.1) is 5.56 Å². The molecule has 1 saturated heterocycles. The molecule has 30 heavy (non-hydrogen) atoms. The number of halogens is 3. The molecule has 1 atom stereocenters. The Bertz CT molecular complexity index is 900. The molecule has 0 radical (unpaired) electrons. The molecule has 6 heteroatoms. The monoisotopic (exact) mass is 416 g/mol. The number of hydrogen-bond donors (Lipinski definition) is 1. The third-order valence-corrected chi connectivity index (χ3v) is 6.49. The minimum absolute atomic E-state index is 0.000271. The Kier molecular flexibility index (Phi) is 5.87. The van der Waals surface area contributed by atoms with Crippen LogP contribution in [0.1, 0.15) is 57.8 Å². The quantitative estimate of drug-likeness (QED) is 0.780. The van der Waals surface area contributed by atoms with Crippen molar-refractivity contribution in [3.8, 4) is 0 Å². The molecule has 4 rings (SSSR count). The van der Waals surface area contributed by atoms with E-state index >= 15 is 0 Å². The van der Waals surface area contributed by atoms with E-state index in [2.05, 4.69) is 35.5 Å². The number of piperidine rings is 1. The minimum atomic E-state index is -4.40. The second kappa shape index (κ2) is 8.42. The number of fused-ring (bicyclic) bond motifs is 1. The number of nitrogens with one attached hydrogen (secondary N) is 1. The maximum absolute atomic E-state index is 12.7. The number of alkyl halides is 3. The molecular formula is C24H27F3N2O. The lowest BCUT2D eigenvalue weighted by atomic mass is 9.79. The summed E-state index contributed by atoms with van der Waals surface area (Å²) in [5.41, 5.74) is 3.65. The summed E-state index contributed by atoms with van der Waals surface area (Å²) in [6, 6.07) is 11.0. The molecule has 2 aliphatic rings. The summed E-state index contributed by atoms with van der Waals surface area (Å²) in [6.45, 7) is 2.20. The number of rotatable bonds is 3. The molecule has 1 unspecified atom stereocenters. The summed E-state index contributed by atoms with van der Waals surface area (Å²) in [6.07, 6.45) is 0.436. The van der Waals surface area contributed by atoms with Crippen molar-refractivity contribution in [3.05, 3.63) is 70.3 Å². The van der Waals surface area contributed by atoms with Gasteiger partial charge >= 0.3 is 6.18 Å². The van der Waals surface area contributed by atoms with Gasteiger partial charge in [0.1, 0.15) is 0 Å². The van der Waals surface area contributed by atoms with Crippen molar-refractivity contribution in [2.75, 3.05) is 20.1 Å². The van der Waals surface area contributed by atoms with Gasteiger partial charge in [-0.15, -0.1) is 0 Å². The van der Waals surface area contributed by atoms with Gasteiger partial charge in [0.15, 0.2) is 0 Å². The fraction of sp³-hybridized carbons (Fsp3) is 0.458. The van der Waals surface area contributed by atoms with Crippen LogP contribution in [0.4, 0.5) is 13.2 Å². The van der Waals surface area contributed by atoms with E-state index < -0.39 is 11.7 Å². The highest BCUT2D eigenvalue weighted by Gasteiger charge is 2.31. The Labute approximate surface area is 175 Å². The summed E-state index contributed by atoms with van der Waals surface area (Å²) >= 11 is 0. The van der Waals surface area contributed by atoms with E-state index in [-0.39, 0.29) is 17.5 Å². The Morgan fingerprint density at radius 1 is 1.03 bits per heavy atom. The lowest BCUT2D eigenvalue weighted by molar-refractivity contribution is -0.137. The molecule has 1 N–H and O–H groups in total. The van der Waals surface area contributed by atoms with Crippen molar-refractivity contribution in [2.45, 2.75) is 50.2 Å². The van der Waals surface area contributed by atoms with E-state index in [4.69, 9.17) is 0 Å². The van der Waals surface area contributed by atoms with Crippen molar-refractivity contribution in [1.29, 1.82) is 0 Å². The van der Waals surface area contributed by atoms with E-state index in [1.54, 1.807) is 0 Å². The lowest BCUT2D eigenvalue weighted by Crippen LogP contribution is -2.39. The molecule has 160 valence electrons. The van der Waals surface area contributed by atoms with Crippen molar-refractivity contribution in [3.63, 3.8) is 0 Å². The number of carbonyl (C=O) groups is 1. The van der Waals surface area contributed by atoms with Crippen LogP contribution in [0.5, 0.6) is 0 Å². The predicted octanol–water partition coefficient (Wildman–Crippen LogP) is 4.80. The summed E-state index contributed by atoms with van der Waals surface area (Å²) in [5, 5.41) is 3.04. The first kappa shape index (κ1) is 20.9. The Hall–Kier alpha value is -2.34. The molecule has 1 fully saturated rings. The van der Waals surface area contributed by atoms with Crippen molar-refractivity contribution < 1.29 is 18.0 Å². The number of aryl methyl sites for hydroxylation is 1. The summed E-state index contributed by atoms with van der Waals surface area (Å²) < 4.78 is 38.2. The lowest BCUT2D eigenvalue weighted by Gasteiger charge is -2.33. The highest BCUT2D eigenvalue weighted by molar-refractivity contribution is 5.94. The van der Waals surface area contributed by atoms with Gasteiger partial charge in [-0.25, -0.2) is 0 Å². The molecule has 0 aromatic heterocycles. The third kappa shape index (κ3) is 4.53. The van der Waals surface area contributed by atoms with Crippen molar-refractivity contribution in [2.24, 2.45) is 0 Å². The summed E-state index contributed by atoms with van der Waals surface area (Å²) in [4.78, 5) is 15.0. The van der Waals surface area contributed by atoms with E-state index in [1.807, 2.05) is 0 Å². The molecule has 0 bridgehead atoms. The van der Waals surface area contributed by atoms with E-state index in [0.29, 0.717) is 5.92 Å². The van der Waals surface area contributed by atoms with Gasteiger partial charge in [-0.2, -0.15) is 13.2 Å². The first-order valence-corrected chi connectivity index (χ1v) is 10.6. The zero-order chi connectivity index (χ0) is 21.3. The zero-order valence-electron chi connectivity index (χ0n) is 17.1. The van der Waals surface area contributed by atoms with Gasteiger partial charge in [-0.05, 0) is 99.1 Å². The summed E-state index contributed by atoms with van der Waals surface area (Å²) in [7, 11) is 2.16. The number of hydrogen-bond acceptors (Lipinski definition) is 2. The third-order valence-electron chi connectivity index (χ3n) is 6.49. The average Bonchev–Trinajstić information content (AvgIpc) is 2.73. The normalized spacial score (nSPS) is 20.6. The van der Waals surface area contributed by atoms with Crippen LogP contribution in [0.15, 0.2) is 42.5 Å². The van der Waals surface area contributed by atoms with Crippen LogP contribution in [-0.4, -0.2) is 37.0 Å². The molecule has 0 saturated carbocycles. The van der Waals surface area contributed by atoms with Crippen molar-refractivity contribution in [1.82, 2.24) is 10.2 Å². The molecule has 1 aliphatic heterocycles. The Morgan fingerprint density at radius 2 is 1.73 bits per heavy atom. The maximum atomic E-state index is 12.7. The molecule has 1 heterocycles. The number of benzene rings is 2. The van der Waals surface area contributed by atoms with Crippen LogP contribution in [0, 0.1) is 0 Å². The second-order valence-corrected chi connectivity index (χ2v) is 8.55. The minimum Gasteiger partial charge on any atom is -0.349 e. The van der Waals surface area contributed by atoms with Gasteiger partial charge in [0, 0.05) is 11.6 Å². The molecular weight excluding hydrogens is 389 g/mol. The number of carbonyl (C=O) groups excluding carboxylic acids is 1.